The lowest BCUT2D eigenvalue weighted by Crippen LogP contribution is -2.36. The Bertz CT molecular complexity index is 1130. The van der Waals surface area contributed by atoms with Crippen molar-refractivity contribution in [3.8, 4) is 11.5 Å². The summed E-state index contributed by atoms with van der Waals surface area (Å²) >= 11 is 6.84. The van der Waals surface area contributed by atoms with E-state index >= 15 is 0 Å². The van der Waals surface area contributed by atoms with Crippen LogP contribution < -0.4 is 9.64 Å². The zero-order valence-corrected chi connectivity index (χ0v) is 18.7. The maximum absolute atomic E-state index is 13.4. The quantitative estimate of drug-likeness (QED) is 0.391. The Labute approximate surface area is 200 Å². The summed E-state index contributed by atoms with van der Waals surface area (Å²) in [5.41, 5.74) is -1.12. The molecule has 0 radical (unpaired) electrons. The minimum absolute atomic E-state index is 0.0627. The van der Waals surface area contributed by atoms with Crippen molar-refractivity contribution < 1.29 is 35.9 Å². The largest absolute Gasteiger partial charge is 0.457 e. The molecule has 0 bridgehead atoms. The lowest BCUT2D eigenvalue weighted by atomic mass is 9.89. The van der Waals surface area contributed by atoms with Gasteiger partial charge >= 0.3 is 12.4 Å². The van der Waals surface area contributed by atoms with Gasteiger partial charge in [-0.25, -0.2) is 0 Å². The first kappa shape index (κ1) is 24.5. The number of nitrogens with zero attached hydrogens (tertiary/aromatic N) is 1. The van der Waals surface area contributed by atoms with Gasteiger partial charge < -0.3 is 4.74 Å². The van der Waals surface area contributed by atoms with Crippen LogP contribution in [0.1, 0.15) is 6.42 Å². The second-order valence-corrected chi connectivity index (χ2v) is 9.17. The highest BCUT2D eigenvalue weighted by Crippen LogP contribution is 2.45. The summed E-state index contributed by atoms with van der Waals surface area (Å²) in [5.74, 6) is -1.81. The minimum Gasteiger partial charge on any atom is -0.457 e. The fourth-order valence-corrected chi connectivity index (χ4v) is 5.02. The van der Waals surface area contributed by atoms with Gasteiger partial charge in [-0.2, -0.15) is 26.3 Å². The van der Waals surface area contributed by atoms with E-state index in [9.17, 15) is 31.1 Å². The van der Waals surface area contributed by atoms with E-state index in [0.29, 0.717) is 22.2 Å². The van der Waals surface area contributed by atoms with Gasteiger partial charge in [-0.05, 0) is 66.6 Å². The molecule has 2 atom stereocenters. The predicted molar refractivity (Wildman–Crippen MR) is 118 cm³/mol. The number of carbonyl (C=O) groups is 1. The van der Waals surface area contributed by atoms with Crippen LogP contribution >= 0.6 is 23.4 Å². The normalized spacial score (nSPS) is 21.4. The third kappa shape index (κ3) is 5.38. The standard InChI is InChI=1S/C23H16ClF6NO2S/c24-16-1-5-18(6-2-16)33-19-7-3-17(4-8-19)31-20(32)12-34-21(31)13-9-14(22(25,26)27)11-15(10-13)23(28,29)30/h1-9,11,15,21H,10,12H2. The first-order chi connectivity index (χ1) is 15.9. The molecule has 2 aromatic carbocycles. The number of alkyl halides is 6. The number of halogens is 7. The van der Waals surface area contributed by atoms with Gasteiger partial charge in [0.1, 0.15) is 16.9 Å². The highest BCUT2D eigenvalue weighted by Gasteiger charge is 2.47. The lowest BCUT2D eigenvalue weighted by Gasteiger charge is -2.31. The zero-order valence-electron chi connectivity index (χ0n) is 17.2. The van der Waals surface area contributed by atoms with Crippen LogP contribution in [0.5, 0.6) is 11.5 Å². The highest BCUT2D eigenvalue weighted by atomic mass is 35.5. The van der Waals surface area contributed by atoms with Gasteiger partial charge in [0.05, 0.1) is 17.2 Å². The SMILES string of the molecule is O=C1CSC(C2=CC(C(F)(F)F)=CC(C(F)(F)F)C2)N1c1ccc(Oc2ccc(Cl)cc2)cc1. The average molecular weight is 520 g/mol. The van der Waals surface area contributed by atoms with Gasteiger partial charge in [-0.15, -0.1) is 11.8 Å². The molecule has 3 nitrogen and oxygen atoms in total. The molecule has 1 aliphatic heterocycles. The molecule has 11 heteroatoms. The van der Waals surface area contributed by atoms with Gasteiger partial charge in [0.25, 0.3) is 0 Å². The number of allylic oxidation sites excluding steroid dienone is 3. The topological polar surface area (TPSA) is 29.5 Å². The fourth-order valence-electron chi connectivity index (χ4n) is 3.69. The van der Waals surface area contributed by atoms with Crippen LogP contribution in [0.3, 0.4) is 0 Å². The molecular formula is C23H16ClF6NO2S. The van der Waals surface area contributed by atoms with E-state index in [4.69, 9.17) is 16.3 Å². The molecule has 4 rings (SSSR count). The van der Waals surface area contributed by atoms with Crippen molar-refractivity contribution in [3.05, 3.63) is 76.9 Å². The molecule has 0 saturated carbocycles. The van der Waals surface area contributed by atoms with E-state index in [2.05, 4.69) is 0 Å². The molecule has 0 aromatic heterocycles. The van der Waals surface area contributed by atoms with Crippen molar-refractivity contribution in [3.63, 3.8) is 0 Å². The highest BCUT2D eigenvalue weighted by molar-refractivity contribution is 8.01. The molecule has 1 saturated heterocycles. The van der Waals surface area contributed by atoms with Crippen LogP contribution in [0.25, 0.3) is 0 Å². The molecule has 2 unspecified atom stereocenters. The monoisotopic (exact) mass is 519 g/mol. The van der Waals surface area contributed by atoms with E-state index in [1.54, 1.807) is 36.4 Å². The number of ether oxygens (including phenoxy) is 1. The molecule has 2 aliphatic rings. The number of amides is 1. The number of hydrogen-bond donors (Lipinski definition) is 0. The van der Waals surface area contributed by atoms with Crippen LogP contribution in [0.15, 0.2) is 71.8 Å². The molecule has 1 heterocycles. The third-order valence-electron chi connectivity index (χ3n) is 5.27. The van der Waals surface area contributed by atoms with Crippen molar-refractivity contribution >= 4 is 35.0 Å². The van der Waals surface area contributed by atoms with Gasteiger partial charge in [0, 0.05) is 10.7 Å². The van der Waals surface area contributed by atoms with Crippen molar-refractivity contribution in [1.29, 1.82) is 0 Å². The number of carbonyl (C=O) groups excluding carboxylic acids is 1. The van der Waals surface area contributed by atoms with E-state index in [-0.39, 0.29) is 17.4 Å². The van der Waals surface area contributed by atoms with E-state index in [1.165, 1.54) is 17.0 Å². The number of thioether (sulfide) groups is 1. The first-order valence-corrected chi connectivity index (χ1v) is 11.4. The van der Waals surface area contributed by atoms with Gasteiger partial charge in [-0.1, -0.05) is 17.7 Å². The van der Waals surface area contributed by atoms with Gasteiger partial charge in [0.15, 0.2) is 0 Å². The third-order valence-corrected chi connectivity index (χ3v) is 6.77. The van der Waals surface area contributed by atoms with Crippen LogP contribution in [0, 0.1) is 5.92 Å². The molecule has 1 amide bonds. The number of benzene rings is 2. The number of anilines is 1. The Morgan fingerprint density at radius 3 is 2.09 bits per heavy atom. The molecule has 34 heavy (non-hydrogen) atoms. The first-order valence-electron chi connectivity index (χ1n) is 9.95. The van der Waals surface area contributed by atoms with E-state index < -0.39 is 41.5 Å². The Kier molecular flexibility index (Phi) is 6.65. The number of hydrogen-bond acceptors (Lipinski definition) is 3. The molecule has 1 aliphatic carbocycles. The second-order valence-electron chi connectivity index (χ2n) is 7.67. The van der Waals surface area contributed by atoms with Gasteiger partial charge in [-0.3, -0.25) is 9.69 Å². The molecule has 2 aromatic rings. The maximum Gasteiger partial charge on any atom is 0.416 e. The average Bonchev–Trinajstić information content (AvgIpc) is 3.16. The summed E-state index contributed by atoms with van der Waals surface area (Å²) in [4.78, 5) is 13.8. The molecule has 0 spiro atoms. The van der Waals surface area contributed by atoms with E-state index in [1.807, 2.05) is 0 Å². The van der Waals surface area contributed by atoms with Crippen molar-refractivity contribution in [2.75, 3.05) is 10.7 Å². The van der Waals surface area contributed by atoms with Crippen molar-refractivity contribution in [1.82, 2.24) is 0 Å². The van der Waals surface area contributed by atoms with Gasteiger partial charge in [0.2, 0.25) is 5.91 Å². The van der Waals surface area contributed by atoms with Crippen molar-refractivity contribution in [2.45, 2.75) is 24.1 Å². The Balaban J connectivity index is 1.60. The molecule has 1 fully saturated rings. The predicted octanol–water partition coefficient (Wildman–Crippen LogP) is 7.54. The molecule has 180 valence electrons. The summed E-state index contributed by atoms with van der Waals surface area (Å²) in [6, 6.07) is 12.8. The van der Waals surface area contributed by atoms with Crippen LogP contribution in [0.4, 0.5) is 32.0 Å². The zero-order chi connectivity index (χ0) is 24.7. The van der Waals surface area contributed by atoms with Crippen LogP contribution in [-0.4, -0.2) is 29.4 Å². The van der Waals surface area contributed by atoms with Crippen LogP contribution in [0.2, 0.25) is 5.02 Å². The molecular weight excluding hydrogens is 504 g/mol. The van der Waals surface area contributed by atoms with Crippen LogP contribution in [-0.2, 0) is 4.79 Å². The van der Waals surface area contributed by atoms with Crippen molar-refractivity contribution in [2.24, 2.45) is 5.92 Å². The Hall–Kier alpha value is -2.59. The fraction of sp³-hybridized carbons (Fsp3) is 0.261. The van der Waals surface area contributed by atoms with E-state index in [0.717, 1.165) is 17.8 Å². The minimum atomic E-state index is -4.94. The summed E-state index contributed by atoms with van der Waals surface area (Å²) in [7, 11) is 0. The maximum atomic E-state index is 13.4. The molecule has 0 N–H and O–H groups in total. The number of rotatable bonds is 4. The summed E-state index contributed by atoms with van der Waals surface area (Å²) in [6.07, 6.45) is -9.49. The summed E-state index contributed by atoms with van der Waals surface area (Å²) < 4.78 is 85.7. The second kappa shape index (κ2) is 9.22. The summed E-state index contributed by atoms with van der Waals surface area (Å²) in [5, 5.41) is -0.446. The Morgan fingerprint density at radius 2 is 1.53 bits per heavy atom. The lowest BCUT2D eigenvalue weighted by molar-refractivity contribution is -0.162. The Morgan fingerprint density at radius 1 is 0.941 bits per heavy atom. The summed E-state index contributed by atoms with van der Waals surface area (Å²) in [6.45, 7) is 0. The smallest absolute Gasteiger partial charge is 0.416 e.